The molecule has 0 amide bonds. The summed E-state index contributed by atoms with van der Waals surface area (Å²) in [5.41, 5.74) is 1.71. The molecule has 1 aliphatic heterocycles. The zero-order valence-electron chi connectivity index (χ0n) is 19.0. The lowest BCUT2D eigenvalue weighted by Crippen LogP contribution is -2.26. The molecule has 2 aliphatic rings. The normalized spacial score (nSPS) is 17.2. The van der Waals surface area contributed by atoms with Crippen molar-refractivity contribution in [2.45, 2.75) is 38.3 Å². The van der Waals surface area contributed by atoms with E-state index in [9.17, 15) is 9.90 Å². The van der Waals surface area contributed by atoms with Gasteiger partial charge in [-0.25, -0.2) is 9.79 Å². The van der Waals surface area contributed by atoms with Crippen molar-refractivity contribution in [1.29, 1.82) is 0 Å². The maximum atomic E-state index is 11.5. The van der Waals surface area contributed by atoms with Crippen molar-refractivity contribution in [1.82, 2.24) is 29.5 Å². The lowest BCUT2D eigenvalue weighted by atomic mass is 10.0. The summed E-state index contributed by atoms with van der Waals surface area (Å²) in [6.07, 6.45) is 6.01. The topological polar surface area (TPSA) is 155 Å². The molecule has 3 aromatic heterocycles. The maximum absolute atomic E-state index is 11.5. The van der Waals surface area contributed by atoms with Crippen molar-refractivity contribution >= 4 is 17.7 Å². The largest absolute Gasteiger partial charge is 0.493 e. The highest BCUT2D eigenvalue weighted by atomic mass is 16.6. The zero-order valence-corrected chi connectivity index (χ0v) is 19.0. The third-order valence-corrected chi connectivity index (χ3v) is 5.94. The fourth-order valence-electron chi connectivity index (χ4n) is 4.00. The van der Waals surface area contributed by atoms with Gasteiger partial charge in [-0.15, -0.1) is 0 Å². The molecule has 0 bridgehead atoms. The summed E-state index contributed by atoms with van der Waals surface area (Å²) in [5, 5.41) is 18.4. The third kappa shape index (κ3) is 4.18. The van der Waals surface area contributed by atoms with E-state index in [2.05, 4.69) is 32.3 Å². The quantitative estimate of drug-likeness (QED) is 0.318. The van der Waals surface area contributed by atoms with E-state index in [1.807, 2.05) is 18.2 Å². The number of benzene rings is 1. The van der Waals surface area contributed by atoms with Crippen LogP contribution in [0.4, 0.5) is 5.95 Å². The Morgan fingerprint density at radius 3 is 2.83 bits per heavy atom. The molecule has 1 unspecified atom stereocenters. The number of H-pyrrole nitrogens is 2. The third-order valence-electron chi connectivity index (χ3n) is 5.94. The highest BCUT2D eigenvalue weighted by Crippen LogP contribution is 2.34. The van der Waals surface area contributed by atoms with Gasteiger partial charge in [0.25, 0.3) is 5.62 Å². The SMILES string of the molecule is CCC(Nc1nc(=NC2CC2)n2nc/c(=C\c3[nH]c(=O)[nH]c3O)c2n1)c1ccc2c(c1)OCCO2. The van der Waals surface area contributed by atoms with Gasteiger partial charge in [-0.05, 0) is 43.0 Å². The molecule has 4 N–H and O–H groups in total. The molecular weight excluding hydrogens is 452 g/mol. The second-order valence-electron chi connectivity index (χ2n) is 8.54. The van der Waals surface area contributed by atoms with Crippen LogP contribution in [0, 0.1) is 0 Å². The first-order valence-electron chi connectivity index (χ1n) is 11.6. The van der Waals surface area contributed by atoms with Crippen molar-refractivity contribution in [2.24, 2.45) is 4.99 Å². The average Bonchev–Trinajstić information content (AvgIpc) is 3.50. The maximum Gasteiger partial charge on any atom is 0.326 e. The Morgan fingerprint density at radius 1 is 1.26 bits per heavy atom. The molecule has 180 valence electrons. The lowest BCUT2D eigenvalue weighted by Gasteiger charge is -2.22. The number of aromatic hydroxyl groups is 1. The van der Waals surface area contributed by atoms with E-state index < -0.39 is 5.69 Å². The first kappa shape index (κ1) is 21.2. The van der Waals surface area contributed by atoms with Crippen molar-refractivity contribution < 1.29 is 14.6 Å². The highest BCUT2D eigenvalue weighted by molar-refractivity contribution is 5.57. The van der Waals surface area contributed by atoms with Crippen molar-refractivity contribution in [3.8, 4) is 17.4 Å². The van der Waals surface area contributed by atoms with Gasteiger partial charge in [-0.2, -0.15) is 19.6 Å². The second kappa shape index (κ2) is 8.46. The van der Waals surface area contributed by atoms with E-state index >= 15 is 0 Å². The highest BCUT2D eigenvalue weighted by Gasteiger charge is 2.22. The van der Waals surface area contributed by atoms with Crippen LogP contribution < -0.4 is 31.3 Å². The predicted molar refractivity (Wildman–Crippen MR) is 125 cm³/mol. The smallest absolute Gasteiger partial charge is 0.326 e. The van der Waals surface area contributed by atoms with Crippen LogP contribution in [0.1, 0.15) is 43.5 Å². The fraction of sp³-hybridized carbons (Fsp3) is 0.348. The number of rotatable bonds is 6. The average molecular weight is 476 g/mol. The number of aromatic nitrogens is 6. The number of hydrogen-bond donors (Lipinski definition) is 4. The number of ether oxygens (including phenoxy) is 2. The Kier molecular flexibility index (Phi) is 5.12. The van der Waals surface area contributed by atoms with Crippen LogP contribution in [0.5, 0.6) is 17.4 Å². The van der Waals surface area contributed by atoms with Gasteiger partial charge in [0.05, 0.1) is 18.3 Å². The van der Waals surface area contributed by atoms with Crippen LogP contribution in [0.3, 0.4) is 0 Å². The standard InChI is InChI=1S/C23H24N8O4/c1-2-15(12-3-6-17-18(10-12)35-8-7-34-17)26-21-28-19-13(9-16-20(32)29-23(33)27-16)11-24-31(19)22(30-21)25-14-4-5-14/h3,6,9-11,14-15,32H,2,4-5,7-8H2,1H3,(H,25,26,30)(H2,27,29,33)/b13-9+. The molecule has 12 heteroatoms. The van der Waals surface area contributed by atoms with Gasteiger partial charge < -0.3 is 24.9 Å². The molecule has 1 saturated carbocycles. The molecule has 1 fully saturated rings. The van der Waals surface area contributed by atoms with Crippen LogP contribution >= 0.6 is 0 Å². The molecule has 1 atom stereocenters. The molecule has 0 spiro atoms. The first-order valence-corrected chi connectivity index (χ1v) is 11.6. The number of anilines is 1. The van der Waals surface area contributed by atoms with E-state index in [0.29, 0.717) is 35.6 Å². The Balaban J connectivity index is 1.42. The monoisotopic (exact) mass is 476 g/mol. The number of nitrogens with zero attached hydrogens (tertiary/aromatic N) is 5. The summed E-state index contributed by atoms with van der Waals surface area (Å²) in [6.45, 7) is 3.14. The molecule has 0 saturated heterocycles. The Bertz CT molecular complexity index is 1580. The minimum atomic E-state index is -0.503. The Morgan fingerprint density at radius 2 is 2.09 bits per heavy atom. The lowest BCUT2D eigenvalue weighted by molar-refractivity contribution is 0.171. The van der Waals surface area contributed by atoms with E-state index in [1.54, 1.807) is 16.8 Å². The van der Waals surface area contributed by atoms with Gasteiger partial charge in [0.2, 0.25) is 11.8 Å². The van der Waals surface area contributed by atoms with Crippen LogP contribution in [-0.2, 0) is 0 Å². The summed E-state index contributed by atoms with van der Waals surface area (Å²) in [4.78, 5) is 30.5. The van der Waals surface area contributed by atoms with Gasteiger partial charge in [-0.3, -0.25) is 4.98 Å². The zero-order chi connectivity index (χ0) is 23.9. The van der Waals surface area contributed by atoms with Crippen LogP contribution in [-0.4, -0.2) is 53.9 Å². The van der Waals surface area contributed by atoms with E-state index in [0.717, 1.165) is 36.3 Å². The summed E-state index contributed by atoms with van der Waals surface area (Å²) < 4.78 is 13.0. The van der Waals surface area contributed by atoms with Gasteiger partial charge >= 0.3 is 5.69 Å². The Hall–Kier alpha value is -4.35. The summed E-state index contributed by atoms with van der Waals surface area (Å²) in [5.74, 6) is 1.61. The van der Waals surface area contributed by atoms with Crippen molar-refractivity contribution in [3.63, 3.8) is 0 Å². The van der Waals surface area contributed by atoms with Gasteiger partial charge in [0, 0.05) is 5.22 Å². The number of nitrogens with one attached hydrogen (secondary N) is 3. The summed E-state index contributed by atoms with van der Waals surface area (Å²) in [6, 6.07) is 6.04. The van der Waals surface area contributed by atoms with E-state index in [4.69, 9.17) is 19.5 Å². The van der Waals surface area contributed by atoms with Gasteiger partial charge in [-0.1, -0.05) is 13.0 Å². The van der Waals surface area contributed by atoms with E-state index in [-0.39, 0.29) is 23.7 Å². The molecule has 35 heavy (non-hydrogen) atoms. The molecule has 6 rings (SSSR count). The molecule has 0 radical (unpaired) electrons. The molecular formula is C23H24N8O4. The minimum Gasteiger partial charge on any atom is -0.493 e. The molecule has 4 heterocycles. The number of hydrogen-bond acceptors (Lipinski definition) is 9. The van der Waals surface area contributed by atoms with Crippen molar-refractivity contribution in [3.05, 3.63) is 57.0 Å². The van der Waals surface area contributed by atoms with Crippen LogP contribution in [0.25, 0.3) is 11.7 Å². The van der Waals surface area contributed by atoms with Gasteiger partial charge in [0.15, 0.2) is 17.1 Å². The Labute approximate surface area is 198 Å². The van der Waals surface area contributed by atoms with Gasteiger partial charge in [0.1, 0.15) is 18.9 Å². The predicted octanol–water partition coefficient (Wildman–Crippen LogP) is 0.791. The fourth-order valence-corrected chi connectivity index (χ4v) is 4.00. The number of imidazole rings is 1. The van der Waals surface area contributed by atoms with E-state index in [1.165, 1.54) is 0 Å². The van der Waals surface area contributed by atoms with Crippen LogP contribution in [0.15, 0.2) is 34.2 Å². The summed E-state index contributed by atoms with van der Waals surface area (Å²) in [7, 11) is 0. The number of fused-ring (bicyclic) bond motifs is 2. The summed E-state index contributed by atoms with van der Waals surface area (Å²) >= 11 is 0. The van der Waals surface area contributed by atoms with Crippen LogP contribution in [0.2, 0.25) is 0 Å². The first-order chi connectivity index (χ1) is 17.1. The molecule has 1 aliphatic carbocycles. The van der Waals surface area contributed by atoms with Crippen molar-refractivity contribution in [2.75, 3.05) is 18.5 Å². The second-order valence-corrected chi connectivity index (χ2v) is 8.54. The minimum absolute atomic E-state index is 0.0810. The molecule has 1 aromatic carbocycles. The number of aromatic amines is 2. The molecule has 4 aromatic rings. The molecule has 12 nitrogen and oxygen atoms in total.